The minimum Gasteiger partial charge on any atom is -0.480 e. The fourth-order valence-corrected chi connectivity index (χ4v) is 3.91. The molecule has 170 valence electrons. The number of hydrogen-bond donors (Lipinski definition) is 2. The number of fused-ring (bicyclic) bond motifs is 3. The largest absolute Gasteiger partial charge is 0.480 e. The number of alkyl halides is 2. The van der Waals surface area contributed by atoms with Crippen molar-refractivity contribution >= 4 is 18.0 Å². The van der Waals surface area contributed by atoms with E-state index in [0.29, 0.717) is 0 Å². The van der Waals surface area contributed by atoms with Crippen molar-refractivity contribution in [1.29, 1.82) is 0 Å². The summed E-state index contributed by atoms with van der Waals surface area (Å²) in [6.07, 6.45) is -4.84. The average molecular weight is 446 g/mol. The number of nitrogens with one attached hydrogen (secondary N) is 1. The number of hydrogen-bond acceptors (Lipinski definition) is 4. The van der Waals surface area contributed by atoms with Gasteiger partial charge in [-0.3, -0.25) is 9.59 Å². The molecule has 2 aromatic carbocycles. The molecule has 1 atom stereocenters. The highest BCUT2D eigenvalue weighted by Crippen LogP contribution is 2.44. The molecule has 1 aliphatic rings. The molecule has 1 unspecified atom stereocenters. The van der Waals surface area contributed by atoms with Crippen LogP contribution >= 0.6 is 0 Å². The van der Waals surface area contributed by atoms with Crippen LogP contribution in [0.1, 0.15) is 30.4 Å². The minimum atomic E-state index is -2.87. The standard InChI is InChI=1S/C23H24F2N2O5/c1-2-27(12-21(28)29)22(30)19(11-20(24)25)26-23(31)32-13-18-16-9-5-3-7-14(16)15-8-4-6-10-17(15)18/h3-10,18-20H,2,11-13H2,1H3,(H,26,31)(H,28,29). The Kier molecular flexibility index (Phi) is 7.40. The zero-order valence-corrected chi connectivity index (χ0v) is 17.5. The Labute approximate surface area is 184 Å². The van der Waals surface area contributed by atoms with E-state index in [0.717, 1.165) is 27.2 Å². The molecule has 0 bridgehead atoms. The maximum atomic E-state index is 13.0. The highest BCUT2D eigenvalue weighted by molar-refractivity contribution is 5.88. The normalized spacial score (nSPS) is 13.2. The number of rotatable bonds is 9. The van der Waals surface area contributed by atoms with Crippen molar-refractivity contribution in [2.45, 2.75) is 31.7 Å². The van der Waals surface area contributed by atoms with Crippen LogP contribution in [0.25, 0.3) is 11.1 Å². The first-order valence-corrected chi connectivity index (χ1v) is 10.2. The van der Waals surface area contributed by atoms with E-state index >= 15 is 0 Å². The van der Waals surface area contributed by atoms with E-state index < -0.39 is 43.4 Å². The molecular weight excluding hydrogens is 422 g/mol. The summed E-state index contributed by atoms with van der Waals surface area (Å²) in [5.41, 5.74) is 4.05. The molecule has 1 aliphatic carbocycles. The number of amides is 2. The van der Waals surface area contributed by atoms with Gasteiger partial charge in [0.15, 0.2) is 0 Å². The van der Waals surface area contributed by atoms with E-state index in [1.165, 1.54) is 6.92 Å². The monoisotopic (exact) mass is 446 g/mol. The lowest BCUT2D eigenvalue weighted by Gasteiger charge is -2.25. The fraction of sp³-hybridized carbons (Fsp3) is 0.348. The predicted octanol–water partition coefficient (Wildman–Crippen LogP) is 3.48. The van der Waals surface area contributed by atoms with Crippen LogP contribution in [0.5, 0.6) is 0 Å². The van der Waals surface area contributed by atoms with Crippen molar-refractivity contribution in [1.82, 2.24) is 10.2 Å². The summed E-state index contributed by atoms with van der Waals surface area (Å²) >= 11 is 0. The summed E-state index contributed by atoms with van der Waals surface area (Å²) in [5.74, 6) is -2.41. The summed E-state index contributed by atoms with van der Waals surface area (Å²) in [6, 6.07) is 13.9. The number of alkyl carbamates (subject to hydrolysis) is 1. The maximum absolute atomic E-state index is 13.0. The van der Waals surface area contributed by atoms with Crippen LogP contribution in [0.3, 0.4) is 0 Å². The Morgan fingerprint density at radius 3 is 2.12 bits per heavy atom. The Hall–Kier alpha value is -3.49. The van der Waals surface area contributed by atoms with Gasteiger partial charge in [0.25, 0.3) is 0 Å². The number of carbonyl (C=O) groups is 3. The first-order valence-electron chi connectivity index (χ1n) is 10.2. The molecule has 2 aromatic rings. The summed E-state index contributed by atoms with van der Waals surface area (Å²) in [4.78, 5) is 36.7. The highest BCUT2D eigenvalue weighted by Gasteiger charge is 2.32. The predicted molar refractivity (Wildman–Crippen MR) is 113 cm³/mol. The van der Waals surface area contributed by atoms with Gasteiger partial charge >= 0.3 is 12.1 Å². The number of carboxylic acids is 1. The molecule has 0 heterocycles. The van der Waals surface area contributed by atoms with Crippen LogP contribution in [-0.4, -0.2) is 60.1 Å². The molecule has 0 radical (unpaired) electrons. The maximum Gasteiger partial charge on any atom is 0.407 e. The lowest BCUT2D eigenvalue weighted by Crippen LogP contribution is -2.50. The van der Waals surface area contributed by atoms with E-state index in [9.17, 15) is 23.2 Å². The van der Waals surface area contributed by atoms with Crippen LogP contribution in [0.15, 0.2) is 48.5 Å². The van der Waals surface area contributed by atoms with Gasteiger partial charge in [-0.2, -0.15) is 0 Å². The molecule has 0 aromatic heterocycles. The van der Waals surface area contributed by atoms with E-state index in [-0.39, 0.29) is 19.1 Å². The first-order chi connectivity index (χ1) is 15.3. The second-order valence-electron chi connectivity index (χ2n) is 7.40. The van der Waals surface area contributed by atoms with Crippen molar-refractivity contribution in [2.75, 3.05) is 19.7 Å². The van der Waals surface area contributed by atoms with Crippen molar-refractivity contribution in [2.24, 2.45) is 0 Å². The van der Waals surface area contributed by atoms with Gasteiger partial charge in [-0.1, -0.05) is 48.5 Å². The van der Waals surface area contributed by atoms with Crippen LogP contribution in [0.2, 0.25) is 0 Å². The van der Waals surface area contributed by atoms with Crippen molar-refractivity contribution in [3.05, 3.63) is 59.7 Å². The SMILES string of the molecule is CCN(CC(=O)O)C(=O)C(CC(F)F)NC(=O)OCC1c2ccccc2-c2ccccc21. The Morgan fingerprint density at radius 2 is 1.62 bits per heavy atom. The lowest BCUT2D eigenvalue weighted by atomic mass is 9.98. The highest BCUT2D eigenvalue weighted by atomic mass is 19.3. The molecule has 0 saturated carbocycles. The van der Waals surface area contributed by atoms with Crippen LogP contribution in [-0.2, 0) is 14.3 Å². The van der Waals surface area contributed by atoms with E-state index in [4.69, 9.17) is 9.84 Å². The van der Waals surface area contributed by atoms with Crippen molar-refractivity contribution in [3.63, 3.8) is 0 Å². The van der Waals surface area contributed by atoms with Gasteiger partial charge in [-0.15, -0.1) is 0 Å². The van der Waals surface area contributed by atoms with Crippen LogP contribution in [0, 0.1) is 0 Å². The number of ether oxygens (including phenoxy) is 1. The molecule has 0 fully saturated rings. The molecule has 7 nitrogen and oxygen atoms in total. The summed E-state index contributed by atoms with van der Waals surface area (Å²) < 4.78 is 31.3. The molecule has 2 N–H and O–H groups in total. The average Bonchev–Trinajstić information content (AvgIpc) is 3.08. The Balaban J connectivity index is 1.69. The third kappa shape index (κ3) is 5.22. The van der Waals surface area contributed by atoms with Gasteiger partial charge in [-0.25, -0.2) is 13.6 Å². The first kappa shape index (κ1) is 23.2. The third-order valence-electron chi connectivity index (χ3n) is 5.37. The molecule has 32 heavy (non-hydrogen) atoms. The van der Waals surface area contributed by atoms with Crippen LogP contribution < -0.4 is 5.32 Å². The Morgan fingerprint density at radius 1 is 1.06 bits per heavy atom. The van der Waals surface area contributed by atoms with Gasteiger partial charge in [0.2, 0.25) is 12.3 Å². The smallest absolute Gasteiger partial charge is 0.407 e. The second kappa shape index (κ2) is 10.2. The zero-order valence-electron chi connectivity index (χ0n) is 17.5. The fourth-order valence-electron chi connectivity index (χ4n) is 3.91. The number of aliphatic carboxylic acids is 1. The molecule has 0 saturated heterocycles. The van der Waals surface area contributed by atoms with E-state index in [2.05, 4.69) is 5.32 Å². The number of benzene rings is 2. The molecular formula is C23H24F2N2O5. The second-order valence-corrected chi connectivity index (χ2v) is 7.40. The van der Waals surface area contributed by atoms with E-state index in [1.54, 1.807) is 0 Å². The van der Waals surface area contributed by atoms with Gasteiger partial charge in [0.1, 0.15) is 19.2 Å². The number of nitrogens with zero attached hydrogens (tertiary/aromatic N) is 1. The van der Waals surface area contributed by atoms with Crippen molar-refractivity contribution in [3.8, 4) is 11.1 Å². The number of carboxylic acid groups (broad SMARTS) is 1. The third-order valence-corrected chi connectivity index (χ3v) is 5.37. The minimum absolute atomic E-state index is 0.00274. The van der Waals surface area contributed by atoms with Gasteiger partial charge in [0, 0.05) is 18.9 Å². The Bertz CT molecular complexity index is 952. The quantitative estimate of drug-likeness (QED) is 0.615. The molecule has 2 amide bonds. The number of carbonyl (C=O) groups excluding carboxylic acids is 2. The molecule has 0 spiro atoms. The molecule has 0 aliphatic heterocycles. The summed E-state index contributed by atoms with van der Waals surface area (Å²) in [5, 5.41) is 11.1. The van der Waals surface area contributed by atoms with Gasteiger partial charge in [0.05, 0.1) is 0 Å². The van der Waals surface area contributed by atoms with Gasteiger partial charge in [-0.05, 0) is 29.2 Å². The molecule has 9 heteroatoms. The number of halogens is 2. The lowest BCUT2D eigenvalue weighted by molar-refractivity contribution is -0.145. The van der Waals surface area contributed by atoms with Crippen molar-refractivity contribution < 1.29 is 33.0 Å². The van der Waals surface area contributed by atoms with Gasteiger partial charge < -0.3 is 20.1 Å². The van der Waals surface area contributed by atoms with Crippen LogP contribution in [0.4, 0.5) is 13.6 Å². The number of likely N-dealkylation sites (N-methyl/N-ethyl adjacent to an activating group) is 1. The molecule has 3 rings (SSSR count). The summed E-state index contributed by atoms with van der Waals surface area (Å²) in [6.45, 7) is 0.828. The van der Waals surface area contributed by atoms with E-state index in [1.807, 2.05) is 48.5 Å². The summed E-state index contributed by atoms with van der Waals surface area (Å²) in [7, 11) is 0. The zero-order chi connectivity index (χ0) is 23.3. The topological polar surface area (TPSA) is 95.9 Å².